The number of carbonyl (C=O) groups excluding carboxylic acids is 1. The maximum absolute atomic E-state index is 10.7. The van der Waals surface area contributed by atoms with E-state index in [-0.39, 0.29) is 6.61 Å². The molecule has 88 valence electrons. The van der Waals surface area contributed by atoms with Crippen LogP contribution in [0.4, 0.5) is 0 Å². The first-order chi connectivity index (χ1) is 6.89. The van der Waals surface area contributed by atoms with Gasteiger partial charge in [0.2, 0.25) is 0 Å². The fourth-order valence-corrected chi connectivity index (χ4v) is 1.59. The highest BCUT2D eigenvalue weighted by Gasteiger charge is 2.49. The summed E-state index contributed by atoms with van der Waals surface area (Å²) >= 11 is 0. The Morgan fingerprint density at radius 3 is 2.73 bits per heavy atom. The number of aliphatic hydroxyl groups is 3. The molecular weight excluding hydrogens is 204 g/mol. The third kappa shape index (κ3) is 2.46. The van der Waals surface area contributed by atoms with E-state index in [2.05, 4.69) is 0 Å². The number of hydrogen-bond donors (Lipinski definition) is 3. The Bertz CT molecular complexity index is 239. The van der Waals surface area contributed by atoms with Crippen molar-refractivity contribution >= 4 is 5.97 Å². The monoisotopic (exact) mass is 220 g/mol. The van der Waals surface area contributed by atoms with Crippen molar-refractivity contribution in [3.63, 3.8) is 0 Å². The minimum atomic E-state index is -1.63. The number of ether oxygens (including phenoxy) is 2. The first kappa shape index (κ1) is 12.4. The highest BCUT2D eigenvalue weighted by molar-refractivity contribution is 5.66. The number of esters is 1. The molecule has 0 aliphatic carbocycles. The second-order valence-corrected chi connectivity index (χ2v) is 3.82. The van der Waals surface area contributed by atoms with E-state index in [0.717, 1.165) is 0 Å². The summed E-state index contributed by atoms with van der Waals surface area (Å²) in [4.78, 5) is 10.7. The average molecular weight is 220 g/mol. The average Bonchev–Trinajstić information content (AvgIpc) is 2.13. The second-order valence-electron chi connectivity index (χ2n) is 3.82. The molecule has 1 fully saturated rings. The zero-order valence-electron chi connectivity index (χ0n) is 8.71. The number of rotatable bonds is 2. The predicted molar refractivity (Wildman–Crippen MR) is 49.0 cm³/mol. The van der Waals surface area contributed by atoms with Crippen molar-refractivity contribution < 1.29 is 29.6 Å². The van der Waals surface area contributed by atoms with E-state index >= 15 is 0 Å². The maximum atomic E-state index is 10.7. The van der Waals surface area contributed by atoms with Gasteiger partial charge in [0.25, 0.3) is 0 Å². The highest BCUT2D eigenvalue weighted by Crippen LogP contribution is 2.27. The minimum absolute atomic E-state index is 0.0396. The van der Waals surface area contributed by atoms with Gasteiger partial charge in [0, 0.05) is 6.92 Å². The first-order valence-corrected chi connectivity index (χ1v) is 4.69. The quantitative estimate of drug-likeness (QED) is 0.486. The third-order valence-corrected chi connectivity index (χ3v) is 2.55. The Kier molecular flexibility index (Phi) is 3.67. The predicted octanol–water partition coefficient (Wildman–Crippen LogP) is -1.58. The zero-order valence-corrected chi connectivity index (χ0v) is 8.71. The van der Waals surface area contributed by atoms with Gasteiger partial charge >= 0.3 is 5.97 Å². The van der Waals surface area contributed by atoms with Crippen LogP contribution in [-0.2, 0) is 14.3 Å². The molecule has 1 heterocycles. The molecule has 4 atom stereocenters. The maximum Gasteiger partial charge on any atom is 0.303 e. The van der Waals surface area contributed by atoms with Crippen LogP contribution in [0.1, 0.15) is 13.8 Å². The van der Waals surface area contributed by atoms with Crippen LogP contribution in [-0.4, -0.2) is 58.4 Å². The Morgan fingerprint density at radius 1 is 1.67 bits per heavy atom. The lowest BCUT2D eigenvalue weighted by Gasteiger charge is -2.43. The Balaban J connectivity index is 2.72. The van der Waals surface area contributed by atoms with Crippen molar-refractivity contribution in [2.75, 3.05) is 13.2 Å². The summed E-state index contributed by atoms with van der Waals surface area (Å²) < 4.78 is 9.87. The molecule has 0 radical (unpaired) electrons. The number of carbonyl (C=O) groups is 1. The summed E-state index contributed by atoms with van der Waals surface area (Å²) in [5.74, 6) is -0.555. The highest BCUT2D eigenvalue weighted by atomic mass is 16.6. The molecule has 0 aromatic heterocycles. The Morgan fingerprint density at radius 2 is 2.27 bits per heavy atom. The van der Waals surface area contributed by atoms with Gasteiger partial charge in [-0.15, -0.1) is 0 Å². The molecule has 3 N–H and O–H groups in total. The minimum Gasteiger partial charge on any atom is -0.457 e. The second kappa shape index (κ2) is 4.44. The molecule has 1 aliphatic heterocycles. The molecule has 0 aromatic carbocycles. The molecule has 1 rings (SSSR count). The van der Waals surface area contributed by atoms with Crippen molar-refractivity contribution in [2.24, 2.45) is 0 Å². The fraction of sp³-hybridized carbons (Fsp3) is 0.889. The van der Waals surface area contributed by atoms with Crippen LogP contribution >= 0.6 is 0 Å². The molecule has 1 aliphatic rings. The molecule has 15 heavy (non-hydrogen) atoms. The van der Waals surface area contributed by atoms with Crippen molar-refractivity contribution in [1.82, 2.24) is 0 Å². The zero-order chi connectivity index (χ0) is 11.6. The fourth-order valence-electron chi connectivity index (χ4n) is 1.59. The van der Waals surface area contributed by atoms with Crippen LogP contribution in [0.5, 0.6) is 0 Å². The van der Waals surface area contributed by atoms with Gasteiger partial charge in [0.05, 0.1) is 13.2 Å². The van der Waals surface area contributed by atoms with E-state index in [0.29, 0.717) is 0 Å². The van der Waals surface area contributed by atoms with E-state index in [1.165, 1.54) is 13.8 Å². The van der Waals surface area contributed by atoms with Crippen molar-refractivity contribution in [2.45, 2.75) is 37.8 Å². The summed E-state index contributed by atoms with van der Waals surface area (Å²) in [5.41, 5.74) is -1.63. The number of hydrogen-bond acceptors (Lipinski definition) is 6. The molecule has 1 saturated heterocycles. The third-order valence-electron chi connectivity index (χ3n) is 2.55. The Labute approximate surface area is 87.4 Å². The normalized spacial score (nSPS) is 41.3. The molecular formula is C9H16O6. The summed E-state index contributed by atoms with van der Waals surface area (Å²) in [5, 5.41) is 28.5. The van der Waals surface area contributed by atoms with Gasteiger partial charge in [-0.3, -0.25) is 4.79 Å². The van der Waals surface area contributed by atoms with Crippen LogP contribution in [0.3, 0.4) is 0 Å². The van der Waals surface area contributed by atoms with Gasteiger partial charge < -0.3 is 24.8 Å². The largest absolute Gasteiger partial charge is 0.457 e. The Hall–Kier alpha value is -0.690. The van der Waals surface area contributed by atoms with Gasteiger partial charge in [-0.25, -0.2) is 0 Å². The lowest BCUT2D eigenvalue weighted by Crippen LogP contribution is -2.63. The van der Waals surface area contributed by atoms with Crippen molar-refractivity contribution in [3.05, 3.63) is 0 Å². The van der Waals surface area contributed by atoms with Gasteiger partial charge in [-0.1, -0.05) is 0 Å². The van der Waals surface area contributed by atoms with Crippen molar-refractivity contribution in [3.8, 4) is 0 Å². The lowest BCUT2D eigenvalue weighted by atomic mass is 9.87. The van der Waals surface area contributed by atoms with E-state index in [1.807, 2.05) is 0 Å². The summed E-state index contributed by atoms with van der Waals surface area (Å²) in [6, 6.07) is 0. The number of aliphatic hydroxyl groups excluding tert-OH is 2. The SMILES string of the molecule is CC(=O)O[C@@H]1CO[C@H](CO)[C@](C)(O)[C@H]1O. The summed E-state index contributed by atoms with van der Waals surface area (Å²) in [7, 11) is 0. The van der Waals surface area contributed by atoms with Crippen LogP contribution < -0.4 is 0 Å². The van der Waals surface area contributed by atoms with Gasteiger partial charge in [-0.2, -0.15) is 0 Å². The molecule has 0 amide bonds. The molecule has 0 aromatic rings. The smallest absolute Gasteiger partial charge is 0.303 e. The van der Waals surface area contributed by atoms with E-state index in [1.54, 1.807) is 0 Å². The summed E-state index contributed by atoms with van der Waals surface area (Å²) in [6.07, 6.45) is -3.05. The standard InChI is InChI=1S/C9H16O6/c1-5(11)15-6-4-14-7(3-10)9(2,13)8(6)12/h6-8,10,12-13H,3-4H2,1-2H3/t6-,7-,8+,9+/m1/s1. The molecule has 0 bridgehead atoms. The van der Waals surface area contributed by atoms with Gasteiger partial charge in [0.1, 0.15) is 17.8 Å². The van der Waals surface area contributed by atoms with Crippen LogP contribution in [0, 0.1) is 0 Å². The van der Waals surface area contributed by atoms with Gasteiger partial charge in [-0.05, 0) is 6.92 Å². The lowest BCUT2D eigenvalue weighted by molar-refractivity contribution is -0.247. The topological polar surface area (TPSA) is 96.2 Å². The van der Waals surface area contributed by atoms with Crippen LogP contribution in [0.15, 0.2) is 0 Å². The van der Waals surface area contributed by atoms with Crippen LogP contribution in [0.2, 0.25) is 0 Å². The van der Waals surface area contributed by atoms with E-state index < -0.39 is 36.5 Å². The van der Waals surface area contributed by atoms with Gasteiger partial charge in [0.15, 0.2) is 6.10 Å². The molecule has 6 heteroatoms. The van der Waals surface area contributed by atoms with Crippen molar-refractivity contribution in [1.29, 1.82) is 0 Å². The summed E-state index contributed by atoms with van der Waals surface area (Å²) in [6.45, 7) is 2.09. The molecule has 6 nitrogen and oxygen atoms in total. The van der Waals surface area contributed by atoms with E-state index in [4.69, 9.17) is 14.6 Å². The van der Waals surface area contributed by atoms with E-state index in [9.17, 15) is 15.0 Å². The molecule has 0 saturated carbocycles. The first-order valence-electron chi connectivity index (χ1n) is 4.69. The van der Waals surface area contributed by atoms with Crippen LogP contribution in [0.25, 0.3) is 0 Å². The molecule has 0 spiro atoms. The molecule has 0 unspecified atom stereocenters.